The number of carbonyl (C=O) groups excluding carboxylic acids is 1. The van der Waals surface area contributed by atoms with Gasteiger partial charge in [-0.25, -0.2) is 4.98 Å². The molecule has 0 N–H and O–H groups in total. The summed E-state index contributed by atoms with van der Waals surface area (Å²) in [6.45, 7) is 2.05. The molecule has 2 aromatic rings. The van der Waals surface area contributed by atoms with Crippen molar-refractivity contribution in [2.75, 3.05) is 4.90 Å². The van der Waals surface area contributed by atoms with Crippen LogP contribution in [0, 0.1) is 11.3 Å². The Morgan fingerprint density at radius 3 is 2.86 bits per heavy atom. The third-order valence-electron chi connectivity index (χ3n) is 3.85. The number of rotatable bonds is 1. The van der Waals surface area contributed by atoms with Crippen LogP contribution in [0.25, 0.3) is 0 Å². The van der Waals surface area contributed by atoms with Crippen LogP contribution < -0.4 is 4.90 Å². The minimum atomic E-state index is -0.112. The molecule has 104 valence electrons. The van der Waals surface area contributed by atoms with Crippen molar-refractivity contribution < 1.29 is 4.79 Å². The molecule has 0 bridgehead atoms. The van der Waals surface area contributed by atoms with Gasteiger partial charge < -0.3 is 4.90 Å². The van der Waals surface area contributed by atoms with Crippen molar-refractivity contribution >= 4 is 11.6 Å². The van der Waals surface area contributed by atoms with Crippen molar-refractivity contribution in [3.8, 4) is 6.07 Å². The molecule has 2 heterocycles. The lowest BCUT2D eigenvalue weighted by atomic mass is 9.96. The smallest absolute Gasteiger partial charge is 0.277 e. The van der Waals surface area contributed by atoms with E-state index in [4.69, 9.17) is 5.26 Å². The molecule has 0 saturated heterocycles. The van der Waals surface area contributed by atoms with Crippen molar-refractivity contribution in [2.24, 2.45) is 0 Å². The molecule has 1 amide bonds. The molecule has 0 saturated carbocycles. The Kier molecular flexibility index (Phi) is 3.41. The van der Waals surface area contributed by atoms with Gasteiger partial charge in [0.25, 0.3) is 5.91 Å². The maximum absolute atomic E-state index is 12.8. The minimum absolute atomic E-state index is 0.112. The molecule has 0 aliphatic carbocycles. The topological polar surface area (TPSA) is 57.0 Å². The molecule has 3 rings (SSSR count). The number of nitrogens with zero attached hydrogens (tertiary/aromatic N) is 3. The summed E-state index contributed by atoms with van der Waals surface area (Å²) in [6, 6.07) is 13.4. The van der Waals surface area contributed by atoms with Crippen LogP contribution in [0.3, 0.4) is 0 Å². The fourth-order valence-corrected chi connectivity index (χ4v) is 2.71. The minimum Gasteiger partial charge on any atom is -0.304 e. The maximum atomic E-state index is 12.8. The number of hydrogen-bond acceptors (Lipinski definition) is 3. The predicted octanol–water partition coefficient (Wildman–Crippen LogP) is 2.93. The number of fused-ring (bicyclic) bond motifs is 1. The Balaban J connectivity index is 1.98. The van der Waals surface area contributed by atoms with Gasteiger partial charge >= 0.3 is 0 Å². The van der Waals surface area contributed by atoms with E-state index in [2.05, 4.69) is 18.0 Å². The van der Waals surface area contributed by atoms with E-state index in [-0.39, 0.29) is 11.9 Å². The zero-order valence-corrected chi connectivity index (χ0v) is 11.8. The molecule has 0 radical (unpaired) electrons. The van der Waals surface area contributed by atoms with Crippen LogP contribution >= 0.6 is 0 Å². The first-order valence-electron chi connectivity index (χ1n) is 6.98. The van der Waals surface area contributed by atoms with E-state index in [0.29, 0.717) is 11.3 Å². The molecule has 0 fully saturated rings. The largest absolute Gasteiger partial charge is 0.304 e. The van der Waals surface area contributed by atoms with E-state index in [0.717, 1.165) is 18.5 Å². The Morgan fingerprint density at radius 2 is 2.14 bits per heavy atom. The number of carbonyl (C=O) groups is 1. The molecule has 1 aromatic carbocycles. The van der Waals surface area contributed by atoms with E-state index in [1.54, 1.807) is 12.1 Å². The maximum Gasteiger partial charge on any atom is 0.277 e. The van der Waals surface area contributed by atoms with Crippen LogP contribution in [0.15, 0.2) is 42.6 Å². The molecular weight excluding hydrogens is 262 g/mol. The van der Waals surface area contributed by atoms with Crippen molar-refractivity contribution in [3.05, 3.63) is 59.4 Å². The van der Waals surface area contributed by atoms with Gasteiger partial charge in [-0.15, -0.1) is 0 Å². The molecule has 1 atom stereocenters. The van der Waals surface area contributed by atoms with Crippen LogP contribution in [0.1, 0.15) is 35.0 Å². The second-order valence-electron chi connectivity index (χ2n) is 5.24. The molecule has 4 nitrogen and oxygen atoms in total. The van der Waals surface area contributed by atoms with Crippen molar-refractivity contribution in [1.82, 2.24) is 4.98 Å². The Bertz CT molecular complexity index is 716. The van der Waals surface area contributed by atoms with Crippen molar-refractivity contribution in [1.29, 1.82) is 5.26 Å². The first kappa shape index (κ1) is 13.3. The highest BCUT2D eigenvalue weighted by atomic mass is 16.2. The van der Waals surface area contributed by atoms with Crippen LogP contribution in [-0.2, 0) is 6.42 Å². The van der Waals surface area contributed by atoms with Gasteiger partial charge in [0.2, 0.25) is 0 Å². The molecule has 1 aliphatic rings. The van der Waals surface area contributed by atoms with Crippen LogP contribution in [-0.4, -0.2) is 16.9 Å². The third kappa shape index (κ3) is 2.38. The Hall–Kier alpha value is -2.67. The zero-order chi connectivity index (χ0) is 14.8. The fourth-order valence-electron chi connectivity index (χ4n) is 2.71. The van der Waals surface area contributed by atoms with E-state index < -0.39 is 0 Å². The third-order valence-corrected chi connectivity index (χ3v) is 3.85. The number of nitriles is 1. The normalized spacial score (nSPS) is 17.0. The Morgan fingerprint density at radius 1 is 1.33 bits per heavy atom. The van der Waals surface area contributed by atoms with E-state index in [1.165, 1.54) is 11.8 Å². The number of benzene rings is 1. The van der Waals surface area contributed by atoms with E-state index >= 15 is 0 Å². The fraction of sp³-hybridized carbons (Fsp3) is 0.235. The Labute approximate surface area is 123 Å². The SMILES string of the molecule is CC1CCc2ccccc2N1C(=O)c1ccc(C#N)cn1. The summed E-state index contributed by atoms with van der Waals surface area (Å²) in [7, 11) is 0. The van der Waals surface area contributed by atoms with Gasteiger partial charge in [0, 0.05) is 17.9 Å². The number of para-hydroxylation sites is 1. The number of aryl methyl sites for hydroxylation is 1. The second kappa shape index (κ2) is 5.37. The summed E-state index contributed by atoms with van der Waals surface area (Å²) in [5.74, 6) is -0.112. The summed E-state index contributed by atoms with van der Waals surface area (Å²) < 4.78 is 0. The van der Waals surface area contributed by atoms with Gasteiger partial charge in [-0.3, -0.25) is 4.79 Å². The second-order valence-corrected chi connectivity index (χ2v) is 5.24. The van der Waals surface area contributed by atoms with Gasteiger partial charge in [0.1, 0.15) is 11.8 Å². The number of amides is 1. The number of anilines is 1. The molecule has 0 spiro atoms. The van der Waals surface area contributed by atoms with Crippen molar-refractivity contribution in [2.45, 2.75) is 25.8 Å². The monoisotopic (exact) mass is 277 g/mol. The first-order chi connectivity index (χ1) is 10.2. The molecule has 1 aromatic heterocycles. The average molecular weight is 277 g/mol. The highest BCUT2D eigenvalue weighted by molar-refractivity contribution is 6.05. The summed E-state index contributed by atoms with van der Waals surface area (Å²) >= 11 is 0. The number of pyridine rings is 1. The van der Waals surface area contributed by atoms with E-state index in [9.17, 15) is 4.79 Å². The first-order valence-corrected chi connectivity index (χ1v) is 6.98. The van der Waals surface area contributed by atoms with Gasteiger partial charge in [-0.05, 0) is 43.5 Å². The van der Waals surface area contributed by atoms with Crippen LogP contribution in [0.4, 0.5) is 5.69 Å². The van der Waals surface area contributed by atoms with Crippen LogP contribution in [0.2, 0.25) is 0 Å². The quantitative estimate of drug-likeness (QED) is 0.805. The van der Waals surface area contributed by atoms with Gasteiger partial charge in [0.05, 0.1) is 5.56 Å². The summed E-state index contributed by atoms with van der Waals surface area (Å²) in [5.41, 5.74) is 2.99. The molecule has 4 heteroatoms. The van der Waals surface area contributed by atoms with Gasteiger partial charge in [-0.1, -0.05) is 18.2 Å². The highest BCUT2D eigenvalue weighted by Gasteiger charge is 2.29. The lowest BCUT2D eigenvalue weighted by molar-refractivity contribution is 0.0970. The molecule has 21 heavy (non-hydrogen) atoms. The van der Waals surface area contributed by atoms with Gasteiger partial charge in [0.15, 0.2) is 0 Å². The number of aromatic nitrogens is 1. The standard InChI is InChI=1S/C17H15N3O/c1-12-6-8-14-4-2-3-5-16(14)20(12)17(21)15-9-7-13(10-18)11-19-15/h2-5,7,9,11-12H,6,8H2,1H3. The molecule has 1 aliphatic heterocycles. The lowest BCUT2D eigenvalue weighted by Gasteiger charge is -2.35. The van der Waals surface area contributed by atoms with Gasteiger partial charge in [-0.2, -0.15) is 5.26 Å². The van der Waals surface area contributed by atoms with E-state index in [1.807, 2.05) is 29.2 Å². The average Bonchev–Trinajstić information content (AvgIpc) is 2.54. The zero-order valence-electron chi connectivity index (χ0n) is 11.8. The predicted molar refractivity (Wildman–Crippen MR) is 80.0 cm³/mol. The molecular formula is C17H15N3O. The molecule has 1 unspecified atom stereocenters. The number of hydrogen-bond donors (Lipinski definition) is 0. The summed E-state index contributed by atoms with van der Waals surface area (Å²) in [4.78, 5) is 18.7. The van der Waals surface area contributed by atoms with Crippen molar-refractivity contribution in [3.63, 3.8) is 0 Å². The highest BCUT2D eigenvalue weighted by Crippen LogP contribution is 2.31. The summed E-state index contributed by atoms with van der Waals surface area (Å²) in [6.07, 6.45) is 3.37. The lowest BCUT2D eigenvalue weighted by Crippen LogP contribution is -2.42. The summed E-state index contributed by atoms with van der Waals surface area (Å²) in [5, 5.41) is 8.80. The van der Waals surface area contributed by atoms with Crippen LogP contribution in [0.5, 0.6) is 0 Å².